The van der Waals surface area contributed by atoms with Gasteiger partial charge in [-0.15, -0.1) is 10.2 Å². The number of anilines is 1. The van der Waals surface area contributed by atoms with E-state index in [1.807, 2.05) is 40.0 Å². The Balaban J connectivity index is 1.54. The number of nitrogens with zero attached hydrogens (tertiary/aromatic N) is 7. The van der Waals surface area contributed by atoms with Crippen molar-refractivity contribution in [1.82, 2.24) is 35.0 Å². The molecule has 1 atom stereocenters. The summed E-state index contributed by atoms with van der Waals surface area (Å²) in [5.74, 6) is 3.30. The van der Waals surface area contributed by atoms with Gasteiger partial charge in [-0.2, -0.15) is 0 Å². The van der Waals surface area contributed by atoms with Gasteiger partial charge >= 0.3 is 6.09 Å². The fourth-order valence-electron chi connectivity index (χ4n) is 5.27. The molecule has 0 unspecified atom stereocenters. The Morgan fingerprint density at radius 3 is 2.69 bits per heavy atom. The largest absolute Gasteiger partial charge is 0.444 e. The minimum atomic E-state index is -0.567. The van der Waals surface area contributed by atoms with Crippen molar-refractivity contribution in [2.45, 2.75) is 91.0 Å². The van der Waals surface area contributed by atoms with Crippen molar-refractivity contribution in [3.8, 4) is 17.1 Å². The summed E-state index contributed by atoms with van der Waals surface area (Å²) >= 11 is 0. The summed E-state index contributed by atoms with van der Waals surface area (Å²) < 4.78 is 7.48. The van der Waals surface area contributed by atoms with Crippen LogP contribution >= 0.6 is 0 Å². The maximum atomic E-state index is 12.2. The molecule has 3 aromatic heterocycles. The van der Waals surface area contributed by atoms with Crippen molar-refractivity contribution in [2.75, 3.05) is 4.90 Å². The molecule has 10 nitrogen and oxygen atoms in total. The van der Waals surface area contributed by atoms with Crippen LogP contribution in [-0.2, 0) is 11.3 Å². The molecule has 4 heterocycles. The van der Waals surface area contributed by atoms with Gasteiger partial charge in [-0.1, -0.05) is 19.8 Å². The van der Waals surface area contributed by atoms with E-state index in [9.17, 15) is 4.79 Å². The van der Waals surface area contributed by atoms with Crippen LogP contribution in [0.25, 0.3) is 17.1 Å². The molecule has 1 N–H and O–H groups in total. The number of alkyl carbamates (subject to hydrolysis) is 1. The van der Waals surface area contributed by atoms with Gasteiger partial charge in [0.05, 0.1) is 12.2 Å². The van der Waals surface area contributed by atoms with Crippen molar-refractivity contribution < 1.29 is 9.53 Å². The molecular formula is C26H34N8O2. The summed E-state index contributed by atoms with van der Waals surface area (Å²) in [5.41, 5.74) is 1.99. The molecule has 1 saturated carbocycles. The molecule has 2 aliphatic rings. The fraction of sp³-hybridized carbons (Fsp3) is 0.538. The van der Waals surface area contributed by atoms with Crippen molar-refractivity contribution in [1.29, 1.82) is 0 Å². The number of hydrogen-bond acceptors (Lipinski definition) is 8. The van der Waals surface area contributed by atoms with Crippen LogP contribution in [-0.4, -0.2) is 47.5 Å². The zero-order chi connectivity index (χ0) is 25.4. The molecular weight excluding hydrogens is 456 g/mol. The molecule has 3 aromatic rings. The number of carbonyl (C=O) groups is 1. The fourth-order valence-corrected chi connectivity index (χ4v) is 5.27. The Kier molecular flexibility index (Phi) is 6.36. The molecule has 5 rings (SSSR count). The molecule has 0 radical (unpaired) electrons. The van der Waals surface area contributed by atoms with Gasteiger partial charge in [-0.05, 0) is 53.0 Å². The zero-order valence-corrected chi connectivity index (χ0v) is 21.7. The smallest absolute Gasteiger partial charge is 0.407 e. The highest BCUT2D eigenvalue weighted by Crippen LogP contribution is 2.43. The van der Waals surface area contributed by atoms with E-state index in [-0.39, 0.29) is 12.6 Å². The molecule has 0 saturated heterocycles. The topological polar surface area (TPSA) is 111 Å². The summed E-state index contributed by atoms with van der Waals surface area (Å²) in [6.07, 6.45) is 10.5. The molecule has 36 heavy (non-hydrogen) atoms. The Bertz CT molecular complexity index is 1260. The van der Waals surface area contributed by atoms with Crippen LogP contribution in [0.1, 0.15) is 83.1 Å². The predicted molar refractivity (Wildman–Crippen MR) is 136 cm³/mol. The molecule has 0 aromatic carbocycles. The average molecular weight is 491 g/mol. The maximum Gasteiger partial charge on any atom is 0.407 e. The van der Waals surface area contributed by atoms with E-state index in [1.165, 1.54) is 12.8 Å². The van der Waals surface area contributed by atoms with E-state index in [4.69, 9.17) is 14.7 Å². The lowest BCUT2D eigenvalue weighted by Gasteiger charge is -2.41. The van der Waals surface area contributed by atoms with Crippen LogP contribution in [0.2, 0.25) is 0 Å². The average Bonchev–Trinajstić information content (AvgIpc) is 3.51. The van der Waals surface area contributed by atoms with Gasteiger partial charge in [0.15, 0.2) is 17.5 Å². The monoisotopic (exact) mass is 490 g/mol. The Hall–Kier alpha value is -3.56. The first-order chi connectivity index (χ1) is 17.3. The summed E-state index contributed by atoms with van der Waals surface area (Å²) in [4.78, 5) is 28.9. The van der Waals surface area contributed by atoms with E-state index in [0.717, 1.165) is 53.5 Å². The highest BCUT2D eigenvalue weighted by Gasteiger charge is 2.39. The third-order valence-corrected chi connectivity index (χ3v) is 6.79. The second-order valence-electron chi connectivity index (χ2n) is 10.5. The minimum Gasteiger partial charge on any atom is -0.444 e. The third kappa shape index (κ3) is 4.52. The Labute approximate surface area is 211 Å². The summed E-state index contributed by atoms with van der Waals surface area (Å²) in [6.45, 7) is 9.94. The Morgan fingerprint density at radius 2 is 1.97 bits per heavy atom. The second kappa shape index (κ2) is 9.48. The first-order valence-corrected chi connectivity index (χ1v) is 12.7. The molecule has 1 aliphatic heterocycles. The predicted octanol–water partition coefficient (Wildman–Crippen LogP) is 4.67. The number of nitrogens with one attached hydrogen (secondary N) is 1. The highest BCUT2D eigenvalue weighted by molar-refractivity contribution is 5.70. The van der Waals surface area contributed by atoms with Gasteiger partial charge in [0, 0.05) is 36.1 Å². The molecule has 190 valence electrons. The number of fused-ring (bicyclic) bond motifs is 3. The summed E-state index contributed by atoms with van der Waals surface area (Å²) in [6, 6.07) is 2.41. The first-order valence-electron chi connectivity index (χ1n) is 12.7. The van der Waals surface area contributed by atoms with Gasteiger partial charge < -0.3 is 15.0 Å². The SMILES string of the molecule is CC[C@@H]1c2nnc(C)n2-c2cnc(-c3ccncc3CNC(=O)OC(C)(C)C)nc2N1C1CCCC1. The molecule has 1 fully saturated rings. The van der Waals surface area contributed by atoms with E-state index in [2.05, 4.69) is 36.9 Å². The number of amides is 1. The first kappa shape index (κ1) is 24.1. The van der Waals surface area contributed by atoms with E-state index in [0.29, 0.717) is 11.9 Å². The number of pyridine rings is 1. The lowest BCUT2D eigenvalue weighted by Crippen LogP contribution is -2.42. The van der Waals surface area contributed by atoms with Gasteiger partial charge in [-0.25, -0.2) is 14.8 Å². The summed E-state index contributed by atoms with van der Waals surface area (Å²) in [5, 5.41) is 11.8. The van der Waals surface area contributed by atoms with Crippen LogP contribution in [0, 0.1) is 6.92 Å². The van der Waals surface area contributed by atoms with E-state index in [1.54, 1.807) is 12.4 Å². The lowest BCUT2D eigenvalue weighted by molar-refractivity contribution is 0.0523. The van der Waals surface area contributed by atoms with E-state index < -0.39 is 11.7 Å². The lowest BCUT2D eigenvalue weighted by atomic mass is 10.0. The van der Waals surface area contributed by atoms with Crippen molar-refractivity contribution in [2.24, 2.45) is 0 Å². The molecule has 0 spiro atoms. The van der Waals surface area contributed by atoms with E-state index >= 15 is 0 Å². The highest BCUT2D eigenvalue weighted by atomic mass is 16.6. The summed E-state index contributed by atoms with van der Waals surface area (Å²) in [7, 11) is 0. The van der Waals surface area contributed by atoms with Gasteiger partial charge in [0.2, 0.25) is 0 Å². The minimum absolute atomic E-state index is 0.107. The third-order valence-electron chi connectivity index (χ3n) is 6.79. The van der Waals surface area contributed by atoms with Gasteiger partial charge in [-0.3, -0.25) is 9.55 Å². The van der Waals surface area contributed by atoms with Crippen LogP contribution in [0.4, 0.5) is 10.6 Å². The quantitative estimate of drug-likeness (QED) is 0.549. The van der Waals surface area contributed by atoms with Crippen LogP contribution in [0.15, 0.2) is 24.7 Å². The van der Waals surface area contributed by atoms with Gasteiger partial charge in [0.25, 0.3) is 0 Å². The second-order valence-corrected chi connectivity index (χ2v) is 10.5. The van der Waals surface area contributed by atoms with Crippen molar-refractivity contribution in [3.05, 3.63) is 41.9 Å². The number of hydrogen-bond donors (Lipinski definition) is 1. The van der Waals surface area contributed by atoms with Crippen LogP contribution < -0.4 is 10.2 Å². The maximum absolute atomic E-state index is 12.2. The molecule has 0 bridgehead atoms. The number of aryl methyl sites for hydroxylation is 1. The van der Waals surface area contributed by atoms with Crippen LogP contribution in [0.5, 0.6) is 0 Å². The zero-order valence-electron chi connectivity index (χ0n) is 21.7. The molecule has 10 heteroatoms. The van der Waals surface area contributed by atoms with Gasteiger partial charge in [0.1, 0.15) is 17.1 Å². The normalized spacial score (nSPS) is 17.6. The number of carbonyl (C=O) groups excluding carboxylic acids is 1. The molecule has 1 aliphatic carbocycles. The Morgan fingerprint density at radius 1 is 1.19 bits per heavy atom. The van der Waals surface area contributed by atoms with Crippen molar-refractivity contribution >= 4 is 11.9 Å². The van der Waals surface area contributed by atoms with Crippen LogP contribution in [0.3, 0.4) is 0 Å². The standard InChI is InChI=1S/C26H34N8O2/c1-6-20-24-32-31-16(2)33(24)21-15-28-22(30-23(21)34(20)18-9-7-8-10-18)19-11-12-27-13-17(19)14-29-25(35)36-26(3,4)5/h11-13,15,18,20H,6-10,14H2,1-5H3,(H,29,35)/t20-/m1/s1. The number of rotatable bonds is 5. The number of ether oxygens (including phenoxy) is 1. The number of aromatic nitrogens is 6. The van der Waals surface area contributed by atoms with Crippen molar-refractivity contribution in [3.63, 3.8) is 0 Å². The molecule has 1 amide bonds.